The number of nitrogens with zero attached hydrogens (tertiary/aromatic N) is 4. The van der Waals surface area contributed by atoms with E-state index < -0.39 is 0 Å². The molecule has 2 aromatic heterocycles. The number of halogens is 1. The smallest absolute Gasteiger partial charge is 0.158 e. The third-order valence-corrected chi connectivity index (χ3v) is 2.10. The molecule has 0 atom stereocenters. The zero-order valence-electron chi connectivity index (χ0n) is 7.48. The molecular weight excluding hydrogens is 246 g/mol. The van der Waals surface area contributed by atoms with E-state index >= 15 is 0 Å². The maximum atomic E-state index is 4.11. The first kappa shape index (κ1) is 9.14. The molecule has 0 aromatic carbocycles. The van der Waals surface area contributed by atoms with Crippen molar-refractivity contribution in [1.29, 1.82) is 0 Å². The Morgan fingerprint density at radius 3 is 2.93 bits per heavy atom. The molecule has 1 N–H and O–H groups in total. The Kier molecular flexibility index (Phi) is 2.45. The summed E-state index contributed by atoms with van der Waals surface area (Å²) in [7, 11) is 1.81. The highest BCUT2D eigenvalue weighted by Crippen LogP contribution is 2.11. The molecule has 2 rings (SSSR count). The van der Waals surface area contributed by atoms with Gasteiger partial charge in [0.1, 0.15) is 12.1 Å². The van der Waals surface area contributed by atoms with Gasteiger partial charge in [0, 0.05) is 19.3 Å². The maximum Gasteiger partial charge on any atom is 0.158 e. The summed E-state index contributed by atoms with van der Waals surface area (Å²) >= 11 is 3.32. The van der Waals surface area contributed by atoms with Crippen LogP contribution in [0.1, 0.15) is 0 Å². The average Bonchev–Trinajstić information content (AvgIpc) is 2.65. The topological polar surface area (TPSA) is 55.6 Å². The molecular formula is C8H8BrN5. The molecule has 0 unspecified atom stereocenters. The number of anilines is 1. The maximum absolute atomic E-state index is 4.11. The molecule has 6 heteroatoms. The van der Waals surface area contributed by atoms with Gasteiger partial charge in [0.15, 0.2) is 5.82 Å². The van der Waals surface area contributed by atoms with Crippen LogP contribution in [0, 0.1) is 0 Å². The Morgan fingerprint density at radius 1 is 1.43 bits per heavy atom. The van der Waals surface area contributed by atoms with E-state index in [1.165, 1.54) is 6.33 Å². The quantitative estimate of drug-likeness (QED) is 0.881. The van der Waals surface area contributed by atoms with Crippen molar-refractivity contribution in [1.82, 2.24) is 19.7 Å². The van der Waals surface area contributed by atoms with Gasteiger partial charge in [-0.15, -0.1) is 0 Å². The highest BCUT2D eigenvalue weighted by atomic mass is 79.9. The van der Waals surface area contributed by atoms with E-state index in [1.807, 2.05) is 19.3 Å². The largest absolute Gasteiger partial charge is 0.373 e. The Hall–Kier alpha value is -1.43. The molecule has 0 radical (unpaired) electrons. The van der Waals surface area contributed by atoms with E-state index in [9.17, 15) is 0 Å². The summed E-state index contributed by atoms with van der Waals surface area (Å²) in [5.74, 6) is 1.50. The van der Waals surface area contributed by atoms with Crippen LogP contribution in [0.5, 0.6) is 0 Å². The second kappa shape index (κ2) is 3.75. The fraction of sp³-hybridized carbons (Fsp3) is 0.125. The minimum Gasteiger partial charge on any atom is -0.373 e. The van der Waals surface area contributed by atoms with Crippen LogP contribution in [0.25, 0.3) is 5.82 Å². The summed E-state index contributed by atoms with van der Waals surface area (Å²) in [5, 5.41) is 7.05. The first-order valence-corrected chi connectivity index (χ1v) is 4.79. The third-order valence-electron chi connectivity index (χ3n) is 1.69. The fourth-order valence-corrected chi connectivity index (χ4v) is 1.32. The van der Waals surface area contributed by atoms with Crippen LogP contribution in [0.3, 0.4) is 0 Å². The lowest BCUT2D eigenvalue weighted by atomic mass is 10.5. The van der Waals surface area contributed by atoms with Crippen molar-refractivity contribution in [3.05, 3.63) is 29.3 Å². The van der Waals surface area contributed by atoms with E-state index in [4.69, 9.17) is 0 Å². The van der Waals surface area contributed by atoms with Crippen molar-refractivity contribution in [2.24, 2.45) is 0 Å². The highest BCUT2D eigenvalue weighted by Gasteiger charge is 2.01. The van der Waals surface area contributed by atoms with Crippen LogP contribution < -0.4 is 5.32 Å². The third kappa shape index (κ3) is 1.74. The van der Waals surface area contributed by atoms with Gasteiger partial charge < -0.3 is 5.32 Å². The SMILES string of the molecule is CNc1cc(-n2cc(Br)cn2)ncn1. The van der Waals surface area contributed by atoms with Gasteiger partial charge in [0.05, 0.1) is 10.7 Å². The van der Waals surface area contributed by atoms with Crippen molar-refractivity contribution in [3.8, 4) is 5.82 Å². The second-order valence-corrected chi connectivity index (χ2v) is 3.53. The summed E-state index contributed by atoms with van der Waals surface area (Å²) in [6.45, 7) is 0. The van der Waals surface area contributed by atoms with E-state index in [2.05, 4.69) is 36.3 Å². The molecule has 0 aliphatic rings. The monoisotopic (exact) mass is 253 g/mol. The van der Waals surface area contributed by atoms with Crippen LogP contribution in [0.15, 0.2) is 29.3 Å². The van der Waals surface area contributed by atoms with Gasteiger partial charge in [-0.3, -0.25) is 0 Å². The predicted octanol–water partition coefficient (Wildman–Crippen LogP) is 1.47. The molecule has 0 saturated heterocycles. The summed E-state index contributed by atoms with van der Waals surface area (Å²) in [4.78, 5) is 8.11. The second-order valence-electron chi connectivity index (χ2n) is 2.61. The molecule has 0 amide bonds. The Balaban J connectivity index is 2.41. The lowest BCUT2D eigenvalue weighted by Crippen LogP contribution is -2.00. The zero-order chi connectivity index (χ0) is 9.97. The normalized spacial score (nSPS) is 10.1. The van der Waals surface area contributed by atoms with E-state index in [-0.39, 0.29) is 0 Å². The fourth-order valence-electron chi connectivity index (χ4n) is 1.04. The molecule has 0 spiro atoms. The molecule has 0 bridgehead atoms. The first-order chi connectivity index (χ1) is 6.79. The number of hydrogen-bond donors (Lipinski definition) is 1. The van der Waals surface area contributed by atoms with Crippen LogP contribution in [0.2, 0.25) is 0 Å². The predicted molar refractivity (Wildman–Crippen MR) is 56.4 cm³/mol. The van der Waals surface area contributed by atoms with Crippen molar-refractivity contribution in [3.63, 3.8) is 0 Å². The van der Waals surface area contributed by atoms with Gasteiger partial charge in [-0.05, 0) is 15.9 Å². The van der Waals surface area contributed by atoms with E-state index in [0.717, 1.165) is 16.1 Å². The van der Waals surface area contributed by atoms with Gasteiger partial charge in [-0.2, -0.15) is 5.10 Å². The molecule has 0 aliphatic carbocycles. The Labute approximate surface area is 89.3 Å². The standard InChI is InChI=1S/C8H8BrN5/c1-10-7-2-8(12-5-11-7)14-4-6(9)3-13-14/h2-5H,1H3,(H,10,11,12). The van der Waals surface area contributed by atoms with Gasteiger partial charge in [-0.1, -0.05) is 0 Å². The van der Waals surface area contributed by atoms with Gasteiger partial charge in [0.2, 0.25) is 0 Å². The molecule has 72 valence electrons. The van der Waals surface area contributed by atoms with Crippen molar-refractivity contribution >= 4 is 21.7 Å². The molecule has 14 heavy (non-hydrogen) atoms. The lowest BCUT2D eigenvalue weighted by Gasteiger charge is -2.01. The minimum atomic E-state index is 0.732. The average molecular weight is 254 g/mol. The van der Waals surface area contributed by atoms with Crippen molar-refractivity contribution < 1.29 is 0 Å². The summed E-state index contributed by atoms with van der Waals surface area (Å²) in [6.07, 6.45) is 5.04. The van der Waals surface area contributed by atoms with Gasteiger partial charge in [0.25, 0.3) is 0 Å². The molecule has 2 heterocycles. The number of rotatable bonds is 2. The van der Waals surface area contributed by atoms with E-state index in [1.54, 1.807) is 10.9 Å². The first-order valence-electron chi connectivity index (χ1n) is 4.00. The molecule has 2 aromatic rings. The number of hydrogen-bond acceptors (Lipinski definition) is 4. The Bertz CT molecular complexity index is 439. The van der Waals surface area contributed by atoms with Crippen LogP contribution in [-0.2, 0) is 0 Å². The van der Waals surface area contributed by atoms with Crippen LogP contribution in [-0.4, -0.2) is 26.8 Å². The minimum absolute atomic E-state index is 0.732. The zero-order valence-corrected chi connectivity index (χ0v) is 9.06. The van der Waals surface area contributed by atoms with Gasteiger partial charge in [-0.25, -0.2) is 14.6 Å². The molecule has 0 saturated carbocycles. The summed E-state index contributed by atoms with van der Waals surface area (Å²) in [6, 6.07) is 1.82. The van der Waals surface area contributed by atoms with Gasteiger partial charge >= 0.3 is 0 Å². The molecule has 0 aliphatic heterocycles. The van der Waals surface area contributed by atoms with E-state index in [0.29, 0.717) is 0 Å². The Morgan fingerprint density at radius 2 is 2.29 bits per heavy atom. The van der Waals surface area contributed by atoms with Crippen LogP contribution in [0.4, 0.5) is 5.82 Å². The summed E-state index contributed by atoms with van der Waals surface area (Å²) < 4.78 is 2.59. The summed E-state index contributed by atoms with van der Waals surface area (Å²) in [5.41, 5.74) is 0. The molecule has 5 nitrogen and oxygen atoms in total. The molecule has 0 fully saturated rings. The number of nitrogens with one attached hydrogen (secondary N) is 1. The van der Waals surface area contributed by atoms with Crippen molar-refractivity contribution in [2.75, 3.05) is 12.4 Å². The van der Waals surface area contributed by atoms with Crippen molar-refractivity contribution in [2.45, 2.75) is 0 Å². The lowest BCUT2D eigenvalue weighted by molar-refractivity contribution is 0.840. The van der Waals surface area contributed by atoms with Crippen LogP contribution >= 0.6 is 15.9 Å². The highest BCUT2D eigenvalue weighted by molar-refractivity contribution is 9.10. The number of aromatic nitrogens is 4.